The van der Waals surface area contributed by atoms with Crippen molar-refractivity contribution in [2.24, 2.45) is 10.7 Å². The molecule has 1 aromatic carbocycles. The average Bonchev–Trinajstić information content (AvgIpc) is 2.63. The average molecular weight is 394 g/mol. The molecule has 1 aromatic heterocycles. The number of hydrogen-bond acceptors (Lipinski definition) is 6. The predicted molar refractivity (Wildman–Crippen MR) is 95.0 cm³/mol. The first kappa shape index (κ1) is 19.6. The molecule has 28 heavy (non-hydrogen) atoms. The molecule has 0 unspecified atom stereocenters. The highest BCUT2D eigenvalue weighted by molar-refractivity contribution is 6.02. The summed E-state index contributed by atoms with van der Waals surface area (Å²) >= 11 is 0. The largest absolute Gasteiger partial charge is 0.433 e. The van der Waals surface area contributed by atoms with Crippen LogP contribution in [-0.4, -0.2) is 36.6 Å². The van der Waals surface area contributed by atoms with E-state index in [4.69, 9.17) is 10.5 Å². The minimum atomic E-state index is -2.99. The summed E-state index contributed by atoms with van der Waals surface area (Å²) in [4.78, 5) is 20.4. The molecule has 2 aromatic rings. The summed E-state index contributed by atoms with van der Waals surface area (Å²) in [6.45, 7) is -1.01. The Morgan fingerprint density at radius 1 is 1.36 bits per heavy atom. The van der Waals surface area contributed by atoms with Gasteiger partial charge in [0.15, 0.2) is 0 Å². The van der Waals surface area contributed by atoms with E-state index in [1.165, 1.54) is 30.3 Å². The fourth-order valence-corrected chi connectivity index (χ4v) is 2.77. The van der Waals surface area contributed by atoms with Crippen molar-refractivity contribution in [2.75, 3.05) is 18.5 Å². The second-order valence-corrected chi connectivity index (χ2v) is 6.28. The number of amides is 1. The van der Waals surface area contributed by atoms with Crippen LogP contribution in [0, 0.1) is 5.82 Å². The van der Waals surface area contributed by atoms with Crippen molar-refractivity contribution in [2.45, 2.75) is 19.1 Å². The maximum absolute atomic E-state index is 14.4. The molecule has 148 valence electrons. The first-order valence-corrected chi connectivity index (χ1v) is 8.21. The van der Waals surface area contributed by atoms with Gasteiger partial charge in [-0.3, -0.25) is 9.79 Å². The van der Waals surface area contributed by atoms with Crippen LogP contribution in [0.4, 0.5) is 18.9 Å². The second kappa shape index (κ2) is 7.85. The number of anilines is 1. The Hall–Kier alpha value is -3.14. The molecule has 1 aliphatic heterocycles. The molecule has 0 saturated heterocycles. The Kier molecular flexibility index (Phi) is 5.50. The van der Waals surface area contributed by atoms with Crippen molar-refractivity contribution in [3.63, 3.8) is 0 Å². The number of rotatable bonds is 5. The fourth-order valence-electron chi connectivity index (χ4n) is 2.77. The number of aromatic nitrogens is 1. The minimum Gasteiger partial charge on any atom is -0.433 e. The van der Waals surface area contributed by atoms with E-state index in [2.05, 4.69) is 20.0 Å². The third kappa shape index (κ3) is 4.39. The monoisotopic (exact) mass is 394 g/mol. The van der Waals surface area contributed by atoms with Gasteiger partial charge in [-0.2, -0.15) is 8.78 Å². The molecule has 3 N–H and O–H groups in total. The molecule has 1 atom stereocenters. The van der Waals surface area contributed by atoms with E-state index in [-0.39, 0.29) is 36.1 Å². The quantitative estimate of drug-likeness (QED) is 0.812. The molecular weight excluding hydrogens is 377 g/mol. The molecule has 0 saturated carbocycles. The van der Waals surface area contributed by atoms with Gasteiger partial charge in [0.1, 0.15) is 35.2 Å². The Balaban J connectivity index is 1.79. The molecule has 1 amide bonds. The molecule has 10 heteroatoms. The highest BCUT2D eigenvalue weighted by Crippen LogP contribution is 2.32. The molecule has 2 heterocycles. The SMILES string of the molecule is C[C@@]1(c2cc(NC(=O)c3ccc(OC(F)F)cn3)ccc2F)COCC(N)=N1. The molecule has 0 fully saturated rings. The summed E-state index contributed by atoms with van der Waals surface area (Å²) in [5, 5.41) is 2.58. The Labute approximate surface area is 158 Å². The van der Waals surface area contributed by atoms with Crippen molar-refractivity contribution in [3.8, 4) is 5.75 Å². The van der Waals surface area contributed by atoms with Gasteiger partial charge in [-0.25, -0.2) is 9.37 Å². The number of amidine groups is 1. The molecule has 0 spiro atoms. The number of alkyl halides is 2. The third-order valence-corrected chi connectivity index (χ3v) is 4.02. The number of ether oxygens (including phenoxy) is 2. The van der Waals surface area contributed by atoms with Crippen molar-refractivity contribution in [1.29, 1.82) is 0 Å². The summed E-state index contributed by atoms with van der Waals surface area (Å²) in [5.74, 6) is -1.04. The number of nitrogens with zero attached hydrogens (tertiary/aromatic N) is 2. The van der Waals surface area contributed by atoms with Gasteiger partial charge in [-0.05, 0) is 37.3 Å². The van der Waals surface area contributed by atoms with E-state index in [0.29, 0.717) is 5.69 Å². The van der Waals surface area contributed by atoms with E-state index >= 15 is 0 Å². The molecule has 0 aliphatic carbocycles. The topological polar surface area (TPSA) is 98.8 Å². The lowest BCUT2D eigenvalue weighted by molar-refractivity contribution is -0.0500. The molecule has 0 bridgehead atoms. The lowest BCUT2D eigenvalue weighted by Gasteiger charge is -2.30. The lowest BCUT2D eigenvalue weighted by Crippen LogP contribution is -2.38. The summed E-state index contributed by atoms with van der Waals surface area (Å²) < 4.78 is 48.2. The smallest absolute Gasteiger partial charge is 0.387 e. The van der Waals surface area contributed by atoms with Crippen LogP contribution in [0.25, 0.3) is 0 Å². The zero-order valence-corrected chi connectivity index (χ0v) is 14.8. The van der Waals surface area contributed by atoms with Gasteiger partial charge in [0.2, 0.25) is 0 Å². The van der Waals surface area contributed by atoms with Crippen LogP contribution in [0.3, 0.4) is 0 Å². The molecule has 1 aliphatic rings. The number of hydrogen-bond donors (Lipinski definition) is 2. The van der Waals surface area contributed by atoms with Crippen LogP contribution in [-0.2, 0) is 10.3 Å². The van der Waals surface area contributed by atoms with Gasteiger partial charge in [-0.1, -0.05) is 0 Å². The molecule has 7 nitrogen and oxygen atoms in total. The van der Waals surface area contributed by atoms with Gasteiger partial charge < -0.3 is 20.5 Å². The van der Waals surface area contributed by atoms with Crippen molar-refractivity contribution in [3.05, 3.63) is 53.6 Å². The molecule has 0 radical (unpaired) electrons. The van der Waals surface area contributed by atoms with Gasteiger partial charge in [0.05, 0.1) is 12.8 Å². The predicted octanol–water partition coefficient (Wildman–Crippen LogP) is 2.68. The number of pyridine rings is 1. The van der Waals surface area contributed by atoms with E-state index in [9.17, 15) is 18.0 Å². The van der Waals surface area contributed by atoms with E-state index < -0.39 is 23.9 Å². The van der Waals surface area contributed by atoms with E-state index in [1.54, 1.807) is 6.92 Å². The third-order valence-electron chi connectivity index (χ3n) is 4.02. The molecular formula is C18H17F3N4O3. The normalized spacial score (nSPS) is 19.2. The van der Waals surface area contributed by atoms with Crippen LogP contribution < -0.4 is 15.8 Å². The number of benzene rings is 1. The van der Waals surface area contributed by atoms with Gasteiger partial charge >= 0.3 is 6.61 Å². The Morgan fingerprint density at radius 2 is 2.14 bits per heavy atom. The number of halogens is 3. The van der Waals surface area contributed by atoms with Crippen molar-refractivity contribution >= 4 is 17.4 Å². The van der Waals surface area contributed by atoms with Crippen LogP contribution in [0.15, 0.2) is 41.5 Å². The van der Waals surface area contributed by atoms with Gasteiger partial charge in [0, 0.05) is 11.3 Å². The number of carbonyl (C=O) groups excluding carboxylic acids is 1. The summed E-state index contributed by atoms with van der Waals surface area (Å²) in [6, 6.07) is 6.45. The highest BCUT2D eigenvalue weighted by atomic mass is 19.3. The van der Waals surface area contributed by atoms with Gasteiger partial charge in [0.25, 0.3) is 5.91 Å². The Bertz CT molecular complexity index is 905. The summed E-state index contributed by atoms with van der Waals surface area (Å²) in [5.41, 5.74) is 5.16. The van der Waals surface area contributed by atoms with Crippen molar-refractivity contribution in [1.82, 2.24) is 4.98 Å². The number of aliphatic imine (C=N–C) groups is 1. The zero-order valence-electron chi connectivity index (χ0n) is 14.8. The van der Waals surface area contributed by atoms with E-state index in [0.717, 1.165) is 6.20 Å². The van der Waals surface area contributed by atoms with Crippen LogP contribution >= 0.6 is 0 Å². The fraction of sp³-hybridized carbons (Fsp3) is 0.278. The van der Waals surface area contributed by atoms with Crippen molar-refractivity contribution < 1.29 is 27.4 Å². The zero-order chi connectivity index (χ0) is 20.3. The highest BCUT2D eigenvalue weighted by Gasteiger charge is 2.33. The first-order valence-electron chi connectivity index (χ1n) is 8.21. The number of nitrogens with two attached hydrogens (primary N) is 1. The number of nitrogens with one attached hydrogen (secondary N) is 1. The maximum atomic E-state index is 14.4. The standard InChI is InChI=1S/C18H17F3N4O3/c1-18(9-27-8-15(22)25-18)12-6-10(2-4-13(12)19)24-16(26)14-5-3-11(7-23-14)28-17(20)21/h2-7,17H,8-9H2,1H3,(H2,22,25)(H,24,26)/t18-/m0/s1. The van der Waals surface area contributed by atoms with Crippen LogP contribution in [0.2, 0.25) is 0 Å². The van der Waals surface area contributed by atoms with Crippen LogP contribution in [0.5, 0.6) is 5.75 Å². The minimum absolute atomic E-state index is 0.0260. The Morgan fingerprint density at radius 3 is 2.79 bits per heavy atom. The molecule has 3 rings (SSSR count). The van der Waals surface area contributed by atoms with Gasteiger partial charge in [-0.15, -0.1) is 0 Å². The summed E-state index contributed by atoms with van der Waals surface area (Å²) in [7, 11) is 0. The van der Waals surface area contributed by atoms with E-state index in [1.807, 2.05) is 0 Å². The van der Waals surface area contributed by atoms with Crippen LogP contribution in [0.1, 0.15) is 23.0 Å². The maximum Gasteiger partial charge on any atom is 0.387 e. The summed E-state index contributed by atoms with van der Waals surface area (Å²) in [6.07, 6.45) is 1.01. The first-order chi connectivity index (χ1) is 13.3. The number of carbonyl (C=O) groups is 1. The lowest BCUT2D eigenvalue weighted by atomic mass is 9.92. The second-order valence-electron chi connectivity index (χ2n) is 6.28.